The second kappa shape index (κ2) is 7.11. The van der Waals surface area contributed by atoms with Crippen molar-refractivity contribution in [2.24, 2.45) is 0 Å². The minimum Gasteiger partial charge on any atom is -0.480 e. The third-order valence-corrected chi connectivity index (χ3v) is 2.89. The summed E-state index contributed by atoms with van der Waals surface area (Å²) < 4.78 is 56.8. The van der Waals surface area contributed by atoms with E-state index in [1.165, 1.54) is 7.11 Å². The molecule has 1 amide bonds. The lowest BCUT2D eigenvalue weighted by Gasteiger charge is -2.11. The Labute approximate surface area is 132 Å². The third kappa shape index (κ3) is 3.89. The lowest BCUT2D eigenvalue weighted by molar-refractivity contribution is 0.102. The van der Waals surface area contributed by atoms with E-state index in [0.29, 0.717) is 10.6 Å². The van der Waals surface area contributed by atoms with Crippen molar-refractivity contribution in [2.75, 3.05) is 12.4 Å². The highest BCUT2D eigenvalue weighted by molar-refractivity contribution is 6.05. The van der Waals surface area contributed by atoms with Gasteiger partial charge in [-0.05, 0) is 6.07 Å². The minimum atomic E-state index is -2.89. The van der Waals surface area contributed by atoms with Crippen molar-refractivity contribution in [3.05, 3.63) is 52.1 Å². The number of hydrogen-bond donors (Lipinski definition) is 1. The van der Waals surface area contributed by atoms with Gasteiger partial charge in [0.25, 0.3) is 17.9 Å². The molecule has 2 aromatic heterocycles. The molecular weight excluding hydrogens is 334 g/mol. The van der Waals surface area contributed by atoms with E-state index in [9.17, 15) is 27.2 Å². The van der Waals surface area contributed by atoms with Crippen LogP contribution in [0, 0.1) is 11.6 Å². The summed E-state index contributed by atoms with van der Waals surface area (Å²) >= 11 is 0. The summed E-state index contributed by atoms with van der Waals surface area (Å²) in [5, 5.41) is 2.17. The van der Waals surface area contributed by atoms with Crippen LogP contribution in [0.1, 0.15) is 10.4 Å². The second-order valence-electron chi connectivity index (χ2n) is 4.59. The number of rotatable bonds is 5. The molecule has 128 valence electrons. The number of halogens is 4. The fourth-order valence-corrected chi connectivity index (χ4v) is 1.90. The number of hydrogen-bond acceptors (Lipinski definition) is 4. The van der Waals surface area contributed by atoms with Gasteiger partial charge in [0.05, 0.1) is 25.5 Å². The minimum absolute atomic E-state index is 0.185. The average Bonchev–Trinajstić information content (AvgIpc) is 2.51. The molecule has 0 aliphatic rings. The van der Waals surface area contributed by atoms with Gasteiger partial charge in [-0.2, -0.15) is 0 Å². The summed E-state index contributed by atoms with van der Waals surface area (Å²) in [7, 11) is 1.21. The van der Waals surface area contributed by atoms with E-state index in [4.69, 9.17) is 4.74 Å². The molecule has 0 atom stereocenters. The van der Waals surface area contributed by atoms with Crippen molar-refractivity contribution in [1.29, 1.82) is 0 Å². The number of methoxy groups -OCH3 is 1. The summed E-state index contributed by atoms with van der Waals surface area (Å²) in [6, 6.07) is 1.51. The first-order valence-electron chi connectivity index (χ1n) is 6.51. The van der Waals surface area contributed by atoms with Crippen LogP contribution in [0.4, 0.5) is 23.2 Å². The molecular formula is C14H11F4N3O3. The number of carbonyl (C=O) groups is 1. The number of aromatic nitrogens is 2. The maximum atomic E-state index is 13.5. The molecule has 24 heavy (non-hydrogen) atoms. The van der Waals surface area contributed by atoms with Gasteiger partial charge in [-0.15, -0.1) is 0 Å². The SMILES string of the molecule is COc1ncc(F)cc1C(=O)Nc1cc(F)c(=O)n(CC(F)F)c1. The van der Waals surface area contributed by atoms with Crippen molar-refractivity contribution in [3.63, 3.8) is 0 Å². The van der Waals surface area contributed by atoms with Crippen molar-refractivity contribution < 1.29 is 27.1 Å². The monoisotopic (exact) mass is 345 g/mol. The average molecular weight is 345 g/mol. The molecule has 0 fully saturated rings. The molecule has 6 nitrogen and oxygen atoms in total. The van der Waals surface area contributed by atoms with E-state index in [2.05, 4.69) is 10.3 Å². The Morgan fingerprint density at radius 1 is 1.38 bits per heavy atom. The fourth-order valence-electron chi connectivity index (χ4n) is 1.90. The third-order valence-electron chi connectivity index (χ3n) is 2.89. The molecule has 0 aromatic carbocycles. The van der Waals surface area contributed by atoms with E-state index in [1.807, 2.05) is 0 Å². The Hall–Kier alpha value is -2.91. The zero-order valence-corrected chi connectivity index (χ0v) is 12.2. The molecule has 0 aliphatic heterocycles. The molecule has 0 spiro atoms. The first kappa shape index (κ1) is 17.4. The normalized spacial score (nSPS) is 10.8. The molecule has 0 bridgehead atoms. The van der Waals surface area contributed by atoms with Crippen LogP contribution >= 0.6 is 0 Å². The lowest BCUT2D eigenvalue weighted by Crippen LogP contribution is -2.26. The molecule has 0 radical (unpaired) electrons. The van der Waals surface area contributed by atoms with Gasteiger partial charge >= 0.3 is 0 Å². The summed E-state index contributed by atoms with van der Waals surface area (Å²) in [6.45, 7) is -1.04. The predicted molar refractivity (Wildman–Crippen MR) is 75.4 cm³/mol. The van der Waals surface area contributed by atoms with Gasteiger partial charge in [-0.25, -0.2) is 22.5 Å². The van der Waals surface area contributed by atoms with Crippen molar-refractivity contribution in [3.8, 4) is 5.88 Å². The van der Waals surface area contributed by atoms with Crippen LogP contribution in [-0.4, -0.2) is 29.0 Å². The van der Waals surface area contributed by atoms with Crippen LogP contribution in [-0.2, 0) is 6.54 Å². The standard InChI is InChI=1S/C14H11F4N3O3/c1-24-13-9(2-7(15)4-19-13)12(22)20-8-3-10(16)14(23)21(5-8)6-11(17)18/h2-5,11H,6H2,1H3,(H,20,22). The Balaban J connectivity index is 2.34. The topological polar surface area (TPSA) is 73.2 Å². The van der Waals surface area contributed by atoms with Crippen molar-refractivity contribution in [1.82, 2.24) is 9.55 Å². The number of alkyl halides is 2. The Bertz CT molecular complexity index is 823. The predicted octanol–water partition coefficient (Wildman–Crippen LogP) is 2.05. The number of ether oxygens (including phenoxy) is 1. The molecule has 0 aliphatic carbocycles. The van der Waals surface area contributed by atoms with E-state index in [0.717, 1.165) is 18.5 Å². The highest BCUT2D eigenvalue weighted by Crippen LogP contribution is 2.18. The Morgan fingerprint density at radius 2 is 2.08 bits per heavy atom. The largest absolute Gasteiger partial charge is 0.480 e. The van der Waals surface area contributed by atoms with Gasteiger partial charge in [0.2, 0.25) is 5.88 Å². The maximum absolute atomic E-state index is 13.5. The first-order valence-corrected chi connectivity index (χ1v) is 6.51. The number of nitrogens with zero attached hydrogens (tertiary/aromatic N) is 2. The second-order valence-corrected chi connectivity index (χ2v) is 4.59. The zero-order chi connectivity index (χ0) is 17.9. The number of amides is 1. The summed E-state index contributed by atoms with van der Waals surface area (Å²) in [5.41, 5.74) is -1.80. The highest BCUT2D eigenvalue weighted by atomic mass is 19.3. The molecule has 0 saturated heterocycles. The van der Waals surface area contributed by atoms with Gasteiger partial charge in [0, 0.05) is 12.3 Å². The molecule has 1 N–H and O–H groups in total. The van der Waals surface area contributed by atoms with Crippen molar-refractivity contribution >= 4 is 11.6 Å². The molecule has 2 heterocycles. The van der Waals surface area contributed by atoms with Crippen LogP contribution in [0.2, 0.25) is 0 Å². The van der Waals surface area contributed by atoms with Crippen LogP contribution in [0.25, 0.3) is 0 Å². The summed E-state index contributed by atoms with van der Waals surface area (Å²) in [4.78, 5) is 27.1. The quantitative estimate of drug-likeness (QED) is 0.842. The maximum Gasteiger partial charge on any atom is 0.286 e. The fraction of sp³-hybridized carbons (Fsp3) is 0.214. The Morgan fingerprint density at radius 3 is 2.71 bits per heavy atom. The number of nitrogens with one attached hydrogen (secondary N) is 1. The van der Waals surface area contributed by atoms with Crippen LogP contribution in [0.15, 0.2) is 29.3 Å². The zero-order valence-electron chi connectivity index (χ0n) is 12.2. The Kier molecular flexibility index (Phi) is 5.17. The van der Waals surface area contributed by atoms with Gasteiger partial charge in [0.1, 0.15) is 11.4 Å². The van der Waals surface area contributed by atoms with E-state index < -0.39 is 36.1 Å². The van der Waals surface area contributed by atoms with Gasteiger partial charge in [-0.1, -0.05) is 0 Å². The summed E-state index contributed by atoms with van der Waals surface area (Å²) in [6.07, 6.45) is -1.20. The molecule has 0 unspecified atom stereocenters. The highest BCUT2D eigenvalue weighted by Gasteiger charge is 2.17. The number of carbonyl (C=O) groups excluding carboxylic acids is 1. The number of pyridine rings is 2. The smallest absolute Gasteiger partial charge is 0.286 e. The van der Waals surface area contributed by atoms with E-state index in [-0.39, 0.29) is 17.1 Å². The van der Waals surface area contributed by atoms with Gasteiger partial charge in [-0.3, -0.25) is 9.59 Å². The van der Waals surface area contributed by atoms with Crippen molar-refractivity contribution in [2.45, 2.75) is 13.0 Å². The van der Waals surface area contributed by atoms with Crippen LogP contribution < -0.4 is 15.6 Å². The summed E-state index contributed by atoms with van der Waals surface area (Å²) in [5.74, 6) is -3.23. The first-order chi connectivity index (χ1) is 11.3. The molecule has 2 rings (SSSR count). The van der Waals surface area contributed by atoms with Crippen LogP contribution in [0.3, 0.4) is 0 Å². The molecule has 2 aromatic rings. The van der Waals surface area contributed by atoms with E-state index in [1.54, 1.807) is 0 Å². The van der Waals surface area contributed by atoms with Gasteiger partial charge < -0.3 is 14.6 Å². The van der Waals surface area contributed by atoms with Gasteiger partial charge in [0.15, 0.2) is 5.82 Å². The number of anilines is 1. The van der Waals surface area contributed by atoms with Crippen LogP contribution in [0.5, 0.6) is 5.88 Å². The molecule has 0 saturated carbocycles. The lowest BCUT2D eigenvalue weighted by atomic mass is 10.2. The molecule has 10 heteroatoms. The van der Waals surface area contributed by atoms with E-state index >= 15 is 0 Å².